The molecular formula is C27H29F4N7O4. The summed E-state index contributed by atoms with van der Waals surface area (Å²) in [5.74, 6) is -1.63. The van der Waals surface area contributed by atoms with E-state index in [1.54, 1.807) is 19.4 Å². The average Bonchev–Trinajstić information content (AvgIpc) is 3.67. The molecule has 0 radical (unpaired) electrons. The van der Waals surface area contributed by atoms with Crippen molar-refractivity contribution < 1.29 is 36.4 Å². The Morgan fingerprint density at radius 2 is 1.88 bits per heavy atom. The van der Waals surface area contributed by atoms with E-state index in [-0.39, 0.29) is 42.4 Å². The number of hydrogen-bond donors (Lipinski definition) is 4. The predicted molar refractivity (Wildman–Crippen MR) is 144 cm³/mol. The number of carbonyl (C=O) groups is 1. The Balaban J connectivity index is 1.30. The summed E-state index contributed by atoms with van der Waals surface area (Å²) in [4.78, 5) is 20.8. The summed E-state index contributed by atoms with van der Waals surface area (Å²) in [5.41, 5.74) is -0.604. The summed E-state index contributed by atoms with van der Waals surface area (Å²) < 4.78 is 69.7. The molecule has 0 atom stereocenters. The lowest BCUT2D eigenvalue weighted by Gasteiger charge is -2.14. The van der Waals surface area contributed by atoms with Gasteiger partial charge in [-0.2, -0.15) is 13.2 Å². The molecule has 4 rings (SSSR count). The van der Waals surface area contributed by atoms with Gasteiger partial charge in [0, 0.05) is 50.1 Å². The molecule has 3 aromatic rings. The Morgan fingerprint density at radius 3 is 2.52 bits per heavy atom. The zero-order valence-corrected chi connectivity index (χ0v) is 22.6. The first kappa shape index (κ1) is 30.6. The zero-order valence-electron chi connectivity index (χ0n) is 22.6. The topological polar surface area (TPSA) is 147 Å². The molecule has 42 heavy (non-hydrogen) atoms. The minimum Gasteiger partial charge on any atom is -0.387 e. The monoisotopic (exact) mass is 591 g/mol. The Hall–Kier alpha value is -4.37. The number of halogens is 4. The molecule has 1 saturated carbocycles. The number of hydrogen-bond acceptors (Lipinski definition) is 10. The van der Waals surface area contributed by atoms with Crippen molar-refractivity contribution in [3.8, 4) is 11.1 Å². The number of nitrogens with zero attached hydrogens (tertiary/aromatic N) is 3. The van der Waals surface area contributed by atoms with Crippen molar-refractivity contribution in [2.24, 2.45) is 0 Å². The highest BCUT2D eigenvalue weighted by Crippen LogP contribution is 2.59. The fourth-order valence-electron chi connectivity index (χ4n) is 3.93. The van der Waals surface area contributed by atoms with Crippen molar-refractivity contribution in [3.63, 3.8) is 0 Å². The third-order valence-corrected chi connectivity index (χ3v) is 6.42. The molecule has 0 unspecified atom stereocenters. The number of anilines is 2. The van der Waals surface area contributed by atoms with Crippen LogP contribution < -0.4 is 16.0 Å². The molecule has 1 aliphatic rings. The number of ether oxygens (including phenoxy) is 2. The minimum absolute atomic E-state index is 0.0745. The highest BCUT2D eigenvalue weighted by Gasteiger charge is 2.66. The van der Waals surface area contributed by atoms with E-state index in [1.165, 1.54) is 24.5 Å². The van der Waals surface area contributed by atoms with E-state index in [1.807, 2.05) is 0 Å². The quantitative estimate of drug-likeness (QED) is 0.116. The van der Waals surface area contributed by atoms with Crippen molar-refractivity contribution in [3.05, 3.63) is 65.7 Å². The lowest BCUT2D eigenvalue weighted by Crippen LogP contribution is -2.28. The van der Waals surface area contributed by atoms with Gasteiger partial charge in [0.2, 0.25) is 11.9 Å². The van der Waals surface area contributed by atoms with Crippen LogP contribution in [-0.4, -0.2) is 66.9 Å². The van der Waals surface area contributed by atoms with Crippen molar-refractivity contribution >= 4 is 23.9 Å². The van der Waals surface area contributed by atoms with Crippen molar-refractivity contribution in [1.82, 2.24) is 20.4 Å². The third kappa shape index (κ3) is 7.67. The number of benzene rings is 1. The zero-order chi connectivity index (χ0) is 30.2. The van der Waals surface area contributed by atoms with Gasteiger partial charge in [-0.3, -0.25) is 4.79 Å². The Labute approximate surface area is 238 Å². The lowest BCUT2D eigenvalue weighted by atomic mass is 10.0. The minimum atomic E-state index is -4.47. The largest absolute Gasteiger partial charge is 0.401 e. The van der Waals surface area contributed by atoms with Crippen molar-refractivity contribution in [2.75, 3.05) is 44.1 Å². The molecule has 0 aliphatic heterocycles. The van der Waals surface area contributed by atoms with Crippen LogP contribution in [0.1, 0.15) is 24.2 Å². The lowest BCUT2D eigenvalue weighted by molar-refractivity contribution is -0.165. The molecule has 0 spiro atoms. The second-order valence-corrected chi connectivity index (χ2v) is 9.41. The molecule has 15 heteroatoms. The second-order valence-electron chi connectivity index (χ2n) is 9.41. The number of nitrogens with one attached hydrogen (secondary N) is 4. The highest BCUT2D eigenvalue weighted by molar-refractivity contribution is 5.91. The predicted octanol–water partition coefficient (Wildman–Crippen LogP) is 4.20. The second kappa shape index (κ2) is 13.5. The van der Waals surface area contributed by atoms with Gasteiger partial charge in [-0.25, -0.2) is 14.4 Å². The van der Waals surface area contributed by atoms with Gasteiger partial charge in [-0.15, -0.1) is 0 Å². The normalized spacial score (nSPS) is 14.4. The molecule has 1 aromatic carbocycles. The van der Waals surface area contributed by atoms with Crippen LogP contribution in [0, 0.1) is 11.2 Å². The summed E-state index contributed by atoms with van der Waals surface area (Å²) in [6.07, 6.45) is 0.577. The van der Waals surface area contributed by atoms with Crippen LogP contribution in [-0.2, 0) is 26.1 Å². The number of carbonyl (C=O) groups excluding carboxylic acids is 1. The van der Waals surface area contributed by atoms with Gasteiger partial charge < -0.3 is 35.4 Å². The van der Waals surface area contributed by atoms with Gasteiger partial charge in [-0.05, 0) is 30.0 Å². The first-order chi connectivity index (χ1) is 20.1. The first-order valence-corrected chi connectivity index (χ1v) is 12.9. The van der Waals surface area contributed by atoms with E-state index in [0.29, 0.717) is 43.2 Å². The number of amides is 1. The molecule has 0 bridgehead atoms. The Morgan fingerprint density at radius 1 is 1.12 bits per heavy atom. The third-order valence-electron chi connectivity index (χ3n) is 6.42. The van der Waals surface area contributed by atoms with Gasteiger partial charge in [0.05, 0.1) is 31.9 Å². The van der Waals surface area contributed by atoms with E-state index in [9.17, 15) is 22.4 Å². The van der Waals surface area contributed by atoms with E-state index in [0.717, 1.165) is 12.3 Å². The first-order valence-electron chi connectivity index (χ1n) is 12.9. The summed E-state index contributed by atoms with van der Waals surface area (Å²) in [7, 11) is 1.59. The SMILES string of the molecule is COCCOCCN/C=C(\C=N)Nc1ncc(-c2ccc(CC(=O)Nc3cc(C4(C(F)(F)F)CC4)on3)c(F)c2)cn1. The van der Waals surface area contributed by atoms with Gasteiger partial charge in [-0.1, -0.05) is 17.3 Å². The fraction of sp³-hybridized carbons (Fsp3) is 0.370. The molecular weight excluding hydrogens is 562 g/mol. The van der Waals surface area contributed by atoms with Crippen LogP contribution >= 0.6 is 0 Å². The summed E-state index contributed by atoms with van der Waals surface area (Å²) in [6, 6.07) is 5.29. The summed E-state index contributed by atoms with van der Waals surface area (Å²) >= 11 is 0. The smallest absolute Gasteiger partial charge is 0.387 e. The van der Waals surface area contributed by atoms with Gasteiger partial charge >= 0.3 is 6.18 Å². The summed E-state index contributed by atoms with van der Waals surface area (Å²) in [6.45, 7) is 1.98. The molecule has 224 valence electrons. The Kier molecular flexibility index (Phi) is 9.85. The molecule has 1 fully saturated rings. The number of rotatable bonds is 15. The van der Waals surface area contributed by atoms with Crippen LogP contribution in [0.2, 0.25) is 0 Å². The van der Waals surface area contributed by atoms with Crippen molar-refractivity contribution in [2.45, 2.75) is 30.9 Å². The van der Waals surface area contributed by atoms with Crippen LogP contribution in [0.15, 0.2) is 53.1 Å². The van der Waals surface area contributed by atoms with E-state index < -0.39 is 23.3 Å². The van der Waals surface area contributed by atoms with Crippen LogP contribution in [0.4, 0.5) is 29.3 Å². The van der Waals surface area contributed by atoms with E-state index in [4.69, 9.17) is 19.4 Å². The molecule has 1 amide bonds. The maximum atomic E-state index is 14.8. The number of allylic oxidation sites excluding steroid dienone is 1. The van der Waals surface area contributed by atoms with Crippen molar-refractivity contribution in [1.29, 1.82) is 5.41 Å². The molecule has 0 saturated heterocycles. The number of alkyl halides is 3. The van der Waals surface area contributed by atoms with E-state index in [2.05, 4.69) is 31.1 Å². The summed E-state index contributed by atoms with van der Waals surface area (Å²) in [5, 5.41) is 19.3. The molecule has 4 N–H and O–H groups in total. The molecule has 2 heterocycles. The fourth-order valence-corrected chi connectivity index (χ4v) is 3.93. The van der Waals surface area contributed by atoms with Crippen LogP contribution in [0.25, 0.3) is 11.1 Å². The highest BCUT2D eigenvalue weighted by atomic mass is 19.4. The average molecular weight is 592 g/mol. The maximum absolute atomic E-state index is 14.8. The maximum Gasteiger partial charge on any atom is 0.401 e. The number of methoxy groups -OCH3 is 1. The number of aromatic nitrogens is 3. The van der Waals surface area contributed by atoms with Crippen LogP contribution in [0.5, 0.6) is 0 Å². The standard InChI is InChI=1S/C27H29F4N7O4/c1-40-8-9-41-7-6-33-16-20(13-32)36-25-34-14-19(15-35-25)17-2-3-18(21(28)10-17)11-24(39)37-23-12-22(42-38-23)26(4-5-26)27(29,30)31/h2-3,10,12-16,32-33H,4-9,11H2,1H3,(H,34,35,36)(H,37,38,39)/b20-16+,32-13?. The van der Waals surface area contributed by atoms with Gasteiger partial charge in [0.25, 0.3) is 0 Å². The van der Waals surface area contributed by atoms with Crippen LogP contribution in [0.3, 0.4) is 0 Å². The molecule has 2 aromatic heterocycles. The molecule has 11 nitrogen and oxygen atoms in total. The van der Waals surface area contributed by atoms with Gasteiger partial charge in [0.1, 0.15) is 11.2 Å². The van der Waals surface area contributed by atoms with E-state index >= 15 is 0 Å². The molecule has 1 aliphatic carbocycles. The Bertz CT molecular complexity index is 1410. The van der Waals surface area contributed by atoms with Gasteiger partial charge in [0.15, 0.2) is 11.6 Å².